The van der Waals surface area contributed by atoms with Crippen LogP contribution in [0, 0.1) is 6.92 Å². The van der Waals surface area contributed by atoms with Gasteiger partial charge in [0, 0.05) is 35.5 Å². The molecule has 0 aliphatic carbocycles. The first-order valence-electron chi connectivity index (χ1n) is 12.0. The van der Waals surface area contributed by atoms with E-state index in [-0.39, 0.29) is 17.9 Å². The van der Waals surface area contributed by atoms with Gasteiger partial charge in [0.2, 0.25) is 0 Å². The van der Waals surface area contributed by atoms with Crippen LogP contribution in [0.1, 0.15) is 11.3 Å². The highest BCUT2D eigenvalue weighted by molar-refractivity contribution is 7.90. The zero-order valence-electron chi connectivity index (χ0n) is 21.2. The second-order valence-corrected chi connectivity index (χ2v) is 10.9. The number of fused-ring (bicyclic) bond motifs is 1. The number of aliphatic hydroxyl groups is 1. The zero-order chi connectivity index (χ0) is 27.3. The van der Waals surface area contributed by atoms with Gasteiger partial charge in [-0.15, -0.1) is 0 Å². The molecule has 0 fully saturated rings. The normalized spacial score (nSPS) is 11.4. The van der Waals surface area contributed by atoms with Gasteiger partial charge in [0.1, 0.15) is 23.7 Å². The van der Waals surface area contributed by atoms with E-state index < -0.39 is 15.8 Å². The van der Waals surface area contributed by atoms with Gasteiger partial charge < -0.3 is 29.6 Å². The molecule has 38 heavy (non-hydrogen) atoms. The number of aliphatic carboxylic acids is 1. The molecule has 0 aliphatic heterocycles. The van der Waals surface area contributed by atoms with Gasteiger partial charge >= 0.3 is 5.97 Å². The number of nitrogens with one attached hydrogen (secondary N) is 1. The summed E-state index contributed by atoms with van der Waals surface area (Å²) in [6, 6.07) is 19.5. The van der Waals surface area contributed by atoms with Crippen molar-refractivity contribution in [2.45, 2.75) is 18.2 Å². The number of aryl methyl sites for hydroxylation is 1. The fraction of sp³-hybridized carbons (Fsp3) is 0.250. The van der Waals surface area contributed by atoms with E-state index in [1.807, 2.05) is 29.2 Å². The lowest BCUT2D eigenvalue weighted by Crippen LogP contribution is -2.31. The van der Waals surface area contributed by atoms with Crippen molar-refractivity contribution in [2.24, 2.45) is 0 Å². The number of furan rings is 1. The lowest BCUT2D eigenvalue weighted by Gasteiger charge is -2.27. The van der Waals surface area contributed by atoms with E-state index in [0.717, 1.165) is 16.8 Å². The van der Waals surface area contributed by atoms with Crippen molar-refractivity contribution in [3.05, 3.63) is 78.1 Å². The molecule has 3 aromatic carbocycles. The van der Waals surface area contributed by atoms with Crippen molar-refractivity contribution in [3.8, 4) is 5.75 Å². The second-order valence-electron chi connectivity index (χ2n) is 8.87. The molecule has 0 radical (unpaired) electrons. The highest BCUT2D eigenvalue weighted by atomic mass is 32.2. The van der Waals surface area contributed by atoms with Crippen LogP contribution < -0.4 is 15.0 Å². The van der Waals surface area contributed by atoms with E-state index in [0.29, 0.717) is 48.0 Å². The van der Waals surface area contributed by atoms with Crippen molar-refractivity contribution < 1.29 is 32.6 Å². The van der Waals surface area contributed by atoms with Crippen LogP contribution in [0.25, 0.3) is 11.0 Å². The molecule has 0 unspecified atom stereocenters. The minimum absolute atomic E-state index is 0.0676. The lowest BCUT2D eigenvalue weighted by atomic mass is 10.1. The number of aliphatic hydroxyl groups excluding tert-OH is 1. The molecule has 4 rings (SSSR count). The summed E-state index contributed by atoms with van der Waals surface area (Å²) in [7, 11) is -3.34. The largest absolute Gasteiger partial charge is 0.492 e. The van der Waals surface area contributed by atoms with Crippen molar-refractivity contribution in [2.75, 3.05) is 42.8 Å². The molecule has 0 atom stereocenters. The minimum atomic E-state index is -3.34. The Morgan fingerprint density at radius 3 is 2.58 bits per heavy atom. The van der Waals surface area contributed by atoms with E-state index in [2.05, 4.69) is 5.32 Å². The third kappa shape index (κ3) is 6.45. The molecule has 9 nitrogen and oxygen atoms in total. The Bertz CT molecular complexity index is 1550. The molecule has 1 heterocycles. The van der Waals surface area contributed by atoms with Crippen LogP contribution in [0.2, 0.25) is 0 Å². The molecule has 200 valence electrons. The molecule has 0 saturated heterocycles. The predicted molar refractivity (Wildman–Crippen MR) is 146 cm³/mol. The van der Waals surface area contributed by atoms with Crippen molar-refractivity contribution in [3.63, 3.8) is 0 Å². The fourth-order valence-corrected chi connectivity index (χ4v) is 4.94. The molecular formula is C28H30N2O7S. The number of ether oxygens (including phenoxy) is 1. The van der Waals surface area contributed by atoms with Crippen LogP contribution in [0.3, 0.4) is 0 Å². The Balaban J connectivity index is 1.48. The number of anilines is 3. The highest BCUT2D eigenvalue weighted by Crippen LogP contribution is 2.31. The maximum absolute atomic E-state index is 12.0. The molecule has 0 bridgehead atoms. The monoisotopic (exact) mass is 538 g/mol. The Morgan fingerprint density at radius 1 is 1.05 bits per heavy atom. The summed E-state index contributed by atoms with van der Waals surface area (Å²) in [5, 5.41) is 22.9. The molecule has 1 aromatic heterocycles. The van der Waals surface area contributed by atoms with E-state index in [4.69, 9.17) is 14.3 Å². The maximum Gasteiger partial charge on any atom is 0.307 e. The average molecular weight is 539 g/mol. The highest BCUT2D eigenvalue weighted by Gasteiger charge is 2.16. The lowest BCUT2D eigenvalue weighted by molar-refractivity contribution is -0.136. The summed E-state index contributed by atoms with van der Waals surface area (Å²) in [6.07, 6.45) is 1.06. The van der Waals surface area contributed by atoms with Gasteiger partial charge in [0.25, 0.3) is 0 Å². The third-order valence-corrected chi connectivity index (χ3v) is 7.19. The van der Waals surface area contributed by atoms with Crippen LogP contribution in [0.5, 0.6) is 5.75 Å². The first kappa shape index (κ1) is 27.0. The van der Waals surface area contributed by atoms with Crippen molar-refractivity contribution in [1.82, 2.24) is 0 Å². The predicted octanol–water partition coefficient (Wildman–Crippen LogP) is 4.39. The molecule has 0 aliphatic rings. The zero-order valence-corrected chi connectivity index (χ0v) is 22.0. The van der Waals surface area contributed by atoms with Gasteiger partial charge in [-0.05, 0) is 49.4 Å². The number of carbonyl (C=O) groups is 1. The van der Waals surface area contributed by atoms with Gasteiger partial charge in [-0.2, -0.15) is 0 Å². The number of hydrogen-bond donors (Lipinski definition) is 3. The summed E-state index contributed by atoms with van der Waals surface area (Å²) in [4.78, 5) is 13.4. The molecule has 10 heteroatoms. The van der Waals surface area contributed by atoms with E-state index in [1.165, 1.54) is 6.26 Å². The van der Waals surface area contributed by atoms with Gasteiger partial charge in [-0.3, -0.25) is 4.79 Å². The van der Waals surface area contributed by atoms with Crippen LogP contribution in [-0.2, 0) is 21.1 Å². The van der Waals surface area contributed by atoms with E-state index in [1.54, 1.807) is 49.4 Å². The van der Waals surface area contributed by atoms with E-state index >= 15 is 0 Å². The minimum Gasteiger partial charge on any atom is -0.492 e. The van der Waals surface area contributed by atoms with Crippen LogP contribution in [0.4, 0.5) is 17.1 Å². The number of hydrogen-bond acceptors (Lipinski definition) is 8. The Labute approximate surface area is 221 Å². The SMILES string of the molecule is Cc1oc2cc(OCCN(CCO)c3ccccc3Nc3cccc(S(C)(=O)=O)c3)ccc2c1CC(=O)O. The molecule has 0 saturated carbocycles. The number of rotatable bonds is 12. The summed E-state index contributed by atoms with van der Waals surface area (Å²) in [5.74, 6) is 0.235. The Hall–Kier alpha value is -4.02. The number of carboxylic acids is 1. The fourth-order valence-electron chi connectivity index (χ4n) is 4.28. The molecule has 4 aromatic rings. The van der Waals surface area contributed by atoms with Crippen molar-refractivity contribution in [1.29, 1.82) is 0 Å². The van der Waals surface area contributed by atoms with Crippen molar-refractivity contribution >= 4 is 43.8 Å². The number of carboxylic acid groups (broad SMARTS) is 1. The van der Waals surface area contributed by atoms with Crippen LogP contribution in [-0.4, -0.2) is 57.2 Å². The quantitative estimate of drug-likeness (QED) is 0.240. The van der Waals surface area contributed by atoms with Gasteiger partial charge in [0.05, 0.1) is 35.8 Å². The summed E-state index contributed by atoms with van der Waals surface area (Å²) in [5.41, 5.74) is 3.42. The smallest absolute Gasteiger partial charge is 0.307 e. The number of benzene rings is 3. The summed E-state index contributed by atoms with van der Waals surface area (Å²) >= 11 is 0. The maximum atomic E-state index is 12.0. The second kappa shape index (κ2) is 11.6. The molecular weight excluding hydrogens is 508 g/mol. The van der Waals surface area contributed by atoms with Gasteiger partial charge in [0.15, 0.2) is 9.84 Å². The van der Waals surface area contributed by atoms with E-state index in [9.17, 15) is 18.3 Å². The molecule has 0 amide bonds. The average Bonchev–Trinajstić information content (AvgIpc) is 3.17. The Morgan fingerprint density at radius 2 is 1.84 bits per heavy atom. The first-order valence-corrected chi connectivity index (χ1v) is 13.9. The standard InChI is InChI=1S/C28H30N2O7S/c1-19-24(18-28(32)33)23-11-10-21(17-27(23)37-19)36-15-13-30(12-14-31)26-9-4-3-8-25(26)29-20-6-5-7-22(16-20)38(2,34)35/h3-11,16-17,29,31H,12-15,18H2,1-2H3,(H,32,33). The van der Waals surface area contributed by atoms with Gasteiger partial charge in [-0.1, -0.05) is 18.2 Å². The number of sulfone groups is 1. The number of para-hydroxylation sites is 2. The topological polar surface area (TPSA) is 129 Å². The molecule has 0 spiro atoms. The Kier molecular flexibility index (Phi) is 8.23. The third-order valence-electron chi connectivity index (χ3n) is 6.08. The van der Waals surface area contributed by atoms with Crippen LogP contribution in [0.15, 0.2) is 76.0 Å². The first-order chi connectivity index (χ1) is 18.2. The van der Waals surface area contributed by atoms with Crippen LogP contribution >= 0.6 is 0 Å². The van der Waals surface area contributed by atoms with Gasteiger partial charge in [-0.25, -0.2) is 8.42 Å². The summed E-state index contributed by atoms with van der Waals surface area (Å²) in [6.45, 7) is 2.81. The number of nitrogens with zero attached hydrogens (tertiary/aromatic N) is 1. The summed E-state index contributed by atoms with van der Waals surface area (Å²) < 4.78 is 35.6. The molecule has 3 N–H and O–H groups in total.